The van der Waals surface area contributed by atoms with Crippen LogP contribution < -0.4 is 10.6 Å². The molecular weight excluding hydrogens is 422 g/mol. The monoisotopic (exact) mass is 443 g/mol. The molecule has 0 aliphatic carbocycles. The Hall–Kier alpha value is -3.04. The van der Waals surface area contributed by atoms with Crippen LogP contribution in [0.25, 0.3) is 11.3 Å². The van der Waals surface area contributed by atoms with Crippen LogP contribution in [0.4, 0.5) is 5.13 Å². The van der Waals surface area contributed by atoms with E-state index in [4.69, 9.17) is 0 Å². The van der Waals surface area contributed by atoms with Gasteiger partial charge in [0.1, 0.15) is 0 Å². The summed E-state index contributed by atoms with van der Waals surface area (Å²) in [4.78, 5) is 28.9. The molecule has 0 unspecified atom stereocenters. The maximum Gasteiger partial charge on any atom is 0.251 e. The van der Waals surface area contributed by atoms with E-state index in [1.165, 1.54) is 35.6 Å². The van der Waals surface area contributed by atoms with E-state index >= 15 is 0 Å². The predicted octanol–water partition coefficient (Wildman–Crippen LogP) is 3.36. The molecule has 0 aliphatic rings. The molecule has 156 valence electrons. The molecule has 0 saturated heterocycles. The topological polar surface area (TPSA) is 105 Å². The lowest BCUT2D eigenvalue weighted by atomic mass is 10.2. The minimum atomic E-state index is -3.49. The molecule has 2 aromatic carbocycles. The fourth-order valence-electron chi connectivity index (χ4n) is 2.59. The number of carbonyl (C=O) groups is 2. The van der Waals surface area contributed by atoms with Gasteiger partial charge < -0.3 is 10.6 Å². The second kappa shape index (κ2) is 9.19. The Bertz CT molecular complexity index is 1160. The van der Waals surface area contributed by atoms with Gasteiger partial charge in [0, 0.05) is 16.5 Å². The molecule has 0 bridgehead atoms. The van der Waals surface area contributed by atoms with Gasteiger partial charge in [-0.2, -0.15) is 0 Å². The van der Waals surface area contributed by atoms with Crippen LogP contribution in [0.5, 0.6) is 0 Å². The first-order valence-corrected chi connectivity index (χ1v) is 11.6. The number of nitrogens with one attached hydrogen (secondary N) is 2. The normalized spacial score (nSPS) is 11.3. The van der Waals surface area contributed by atoms with Crippen LogP contribution in [0.3, 0.4) is 0 Å². The molecule has 2 N–H and O–H groups in total. The summed E-state index contributed by atoms with van der Waals surface area (Å²) in [6.07, 6.45) is 0. The molecular formula is C21H21N3O4S2. The van der Waals surface area contributed by atoms with E-state index in [0.717, 1.165) is 11.3 Å². The third-order valence-electron chi connectivity index (χ3n) is 4.27. The summed E-state index contributed by atoms with van der Waals surface area (Å²) in [6.45, 7) is 2.89. The average molecular weight is 444 g/mol. The van der Waals surface area contributed by atoms with Crippen molar-refractivity contribution in [2.45, 2.75) is 24.0 Å². The van der Waals surface area contributed by atoms with Crippen LogP contribution >= 0.6 is 11.3 Å². The molecule has 2 amide bonds. The molecule has 0 aliphatic heterocycles. The van der Waals surface area contributed by atoms with Crippen LogP contribution in [0.2, 0.25) is 0 Å². The fourth-order valence-corrected chi connectivity index (χ4v) is 4.42. The van der Waals surface area contributed by atoms with Crippen LogP contribution in [-0.4, -0.2) is 37.0 Å². The van der Waals surface area contributed by atoms with Crippen molar-refractivity contribution >= 4 is 38.1 Å². The van der Waals surface area contributed by atoms with Crippen molar-refractivity contribution in [1.82, 2.24) is 10.3 Å². The van der Waals surface area contributed by atoms with Gasteiger partial charge in [-0.3, -0.25) is 9.59 Å². The molecule has 1 heterocycles. The lowest BCUT2D eigenvalue weighted by Gasteiger charge is -2.10. The Morgan fingerprint density at radius 3 is 2.50 bits per heavy atom. The van der Waals surface area contributed by atoms with Gasteiger partial charge in [-0.1, -0.05) is 36.4 Å². The lowest BCUT2D eigenvalue weighted by molar-refractivity contribution is -0.115. The summed E-state index contributed by atoms with van der Waals surface area (Å²) in [5.41, 5.74) is 1.87. The van der Waals surface area contributed by atoms with E-state index in [-0.39, 0.29) is 17.0 Å². The molecule has 3 rings (SSSR count). The molecule has 0 saturated carbocycles. The van der Waals surface area contributed by atoms with Crippen molar-refractivity contribution in [2.75, 3.05) is 11.9 Å². The second-order valence-corrected chi connectivity index (χ2v) is 10.1. The summed E-state index contributed by atoms with van der Waals surface area (Å²) >= 11 is 1.29. The minimum absolute atomic E-state index is 0.0748. The van der Waals surface area contributed by atoms with Crippen molar-refractivity contribution in [3.05, 3.63) is 65.5 Å². The first-order chi connectivity index (χ1) is 14.3. The van der Waals surface area contributed by atoms with Crippen LogP contribution in [0.1, 0.15) is 24.2 Å². The smallest absolute Gasteiger partial charge is 0.251 e. The SMILES string of the molecule is CC(C)S(=O)(=O)c1cccc(C(=O)NCC(=O)Nc2nc(-c3ccccc3)cs2)c1. The highest BCUT2D eigenvalue weighted by Crippen LogP contribution is 2.24. The molecule has 0 radical (unpaired) electrons. The van der Waals surface area contributed by atoms with Gasteiger partial charge in [0.05, 0.1) is 22.4 Å². The van der Waals surface area contributed by atoms with E-state index in [9.17, 15) is 18.0 Å². The number of nitrogens with zero attached hydrogens (tertiary/aromatic N) is 1. The van der Waals surface area contributed by atoms with E-state index in [1.54, 1.807) is 13.8 Å². The number of anilines is 1. The highest BCUT2D eigenvalue weighted by atomic mass is 32.2. The van der Waals surface area contributed by atoms with Gasteiger partial charge in [-0.05, 0) is 32.0 Å². The van der Waals surface area contributed by atoms with Crippen molar-refractivity contribution < 1.29 is 18.0 Å². The number of hydrogen-bond donors (Lipinski definition) is 2. The summed E-state index contributed by atoms with van der Waals surface area (Å²) in [5.74, 6) is -0.960. The van der Waals surface area contributed by atoms with Crippen molar-refractivity contribution in [1.29, 1.82) is 0 Å². The van der Waals surface area contributed by atoms with Gasteiger partial charge in [0.15, 0.2) is 15.0 Å². The Morgan fingerprint density at radius 2 is 1.80 bits per heavy atom. The first kappa shape index (κ1) is 21.7. The number of carbonyl (C=O) groups excluding carboxylic acids is 2. The van der Waals surface area contributed by atoms with Crippen LogP contribution in [0, 0.1) is 0 Å². The molecule has 0 atom stereocenters. The number of sulfone groups is 1. The largest absolute Gasteiger partial charge is 0.343 e. The Kier molecular flexibility index (Phi) is 6.63. The van der Waals surface area contributed by atoms with Crippen LogP contribution in [0.15, 0.2) is 64.9 Å². The number of aromatic nitrogens is 1. The van der Waals surface area contributed by atoms with E-state index in [2.05, 4.69) is 15.6 Å². The van der Waals surface area contributed by atoms with Gasteiger partial charge >= 0.3 is 0 Å². The highest BCUT2D eigenvalue weighted by Gasteiger charge is 2.20. The zero-order valence-electron chi connectivity index (χ0n) is 16.5. The molecule has 1 aromatic heterocycles. The number of thiazole rings is 1. The zero-order valence-corrected chi connectivity index (χ0v) is 18.1. The second-order valence-electron chi connectivity index (χ2n) is 6.76. The van der Waals surface area contributed by atoms with Gasteiger partial charge in [-0.25, -0.2) is 13.4 Å². The maximum absolute atomic E-state index is 12.3. The van der Waals surface area contributed by atoms with Crippen LogP contribution in [-0.2, 0) is 14.6 Å². The highest BCUT2D eigenvalue weighted by molar-refractivity contribution is 7.92. The zero-order chi connectivity index (χ0) is 21.7. The maximum atomic E-state index is 12.3. The summed E-state index contributed by atoms with van der Waals surface area (Å²) in [7, 11) is -3.49. The Morgan fingerprint density at radius 1 is 1.07 bits per heavy atom. The van der Waals surface area contributed by atoms with E-state index in [1.807, 2.05) is 35.7 Å². The minimum Gasteiger partial charge on any atom is -0.343 e. The molecule has 30 heavy (non-hydrogen) atoms. The summed E-state index contributed by atoms with van der Waals surface area (Å²) in [6, 6.07) is 15.3. The fraction of sp³-hybridized carbons (Fsp3) is 0.190. The van der Waals surface area contributed by atoms with Crippen molar-refractivity contribution in [3.8, 4) is 11.3 Å². The number of benzene rings is 2. The lowest BCUT2D eigenvalue weighted by Crippen LogP contribution is -2.33. The van der Waals surface area contributed by atoms with Crippen molar-refractivity contribution in [2.24, 2.45) is 0 Å². The Balaban J connectivity index is 1.59. The third kappa shape index (κ3) is 5.11. The third-order valence-corrected chi connectivity index (χ3v) is 7.18. The molecule has 7 nitrogen and oxygen atoms in total. The predicted molar refractivity (Wildman–Crippen MR) is 117 cm³/mol. The number of hydrogen-bond acceptors (Lipinski definition) is 6. The average Bonchev–Trinajstić information content (AvgIpc) is 3.21. The summed E-state index contributed by atoms with van der Waals surface area (Å²) in [5, 5.41) is 6.81. The molecule has 3 aromatic rings. The van der Waals surface area contributed by atoms with Crippen molar-refractivity contribution in [3.63, 3.8) is 0 Å². The van der Waals surface area contributed by atoms with Gasteiger partial charge in [-0.15, -0.1) is 11.3 Å². The quantitative estimate of drug-likeness (QED) is 0.583. The number of rotatable bonds is 7. The first-order valence-electron chi connectivity index (χ1n) is 9.20. The molecule has 0 fully saturated rings. The van der Waals surface area contributed by atoms with E-state index in [0.29, 0.717) is 5.13 Å². The van der Waals surface area contributed by atoms with E-state index < -0.39 is 26.9 Å². The molecule has 0 spiro atoms. The number of amides is 2. The van der Waals surface area contributed by atoms with Gasteiger partial charge in [0.25, 0.3) is 5.91 Å². The standard InChI is InChI=1S/C21H21N3O4S2/c1-14(2)30(27,28)17-10-6-9-16(11-17)20(26)22-12-19(25)24-21-23-18(13-29-21)15-7-4-3-5-8-15/h3-11,13-14H,12H2,1-2H3,(H,22,26)(H,23,24,25). The van der Waals surface area contributed by atoms with Gasteiger partial charge in [0.2, 0.25) is 5.91 Å². The summed E-state index contributed by atoms with van der Waals surface area (Å²) < 4.78 is 24.6. The molecule has 9 heteroatoms. The Labute approximate surface area is 179 Å².